The van der Waals surface area contributed by atoms with E-state index in [0.717, 1.165) is 19.3 Å². The molecule has 2 N–H and O–H groups in total. The zero-order valence-corrected chi connectivity index (χ0v) is 17.3. The number of benzene rings is 1. The molecule has 29 heavy (non-hydrogen) atoms. The van der Waals surface area contributed by atoms with Gasteiger partial charge in [0.05, 0.1) is 16.7 Å². The van der Waals surface area contributed by atoms with Crippen molar-refractivity contribution in [2.45, 2.75) is 50.7 Å². The van der Waals surface area contributed by atoms with Crippen molar-refractivity contribution in [1.29, 1.82) is 5.26 Å². The van der Waals surface area contributed by atoms with Crippen molar-refractivity contribution >= 4 is 28.4 Å². The third-order valence-corrected chi connectivity index (χ3v) is 5.96. The Morgan fingerprint density at radius 3 is 2.83 bits per heavy atom. The molecule has 1 aromatic carbocycles. The van der Waals surface area contributed by atoms with E-state index in [1.54, 1.807) is 16.7 Å². The first-order valence-corrected chi connectivity index (χ1v) is 10.7. The molecule has 0 spiro atoms. The monoisotopic (exact) mass is 408 g/mol. The summed E-state index contributed by atoms with van der Waals surface area (Å²) in [6, 6.07) is 9.08. The van der Waals surface area contributed by atoms with Crippen LogP contribution in [0.2, 0.25) is 0 Å². The van der Waals surface area contributed by atoms with Gasteiger partial charge in [0.2, 0.25) is 0 Å². The van der Waals surface area contributed by atoms with E-state index in [1.165, 1.54) is 37.1 Å². The van der Waals surface area contributed by atoms with Crippen LogP contribution in [-0.4, -0.2) is 21.1 Å². The smallest absolute Gasteiger partial charge is 0.262 e. The number of carbonyl (C=O) groups is 1. The SMILES string of the molecule is CC(N)=C(C#N)C(=O)CSc1nc2ccccc2c(=O)n1CCC1=CCCCC1. The number of ketones is 1. The third kappa shape index (κ3) is 4.96. The van der Waals surface area contributed by atoms with Gasteiger partial charge in [-0.1, -0.05) is 35.5 Å². The Bertz CT molecular complexity index is 1090. The van der Waals surface area contributed by atoms with Gasteiger partial charge in [-0.25, -0.2) is 4.98 Å². The minimum Gasteiger partial charge on any atom is -0.401 e. The summed E-state index contributed by atoms with van der Waals surface area (Å²) in [5.74, 6) is -0.355. The zero-order valence-electron chi connectivity index (χ0n) is 16.5. The van der Waals surface area contributed by atoms with Crippen LogP contribution in [0, 0.1) is 11.3 Å². The van der Waals surface area contributed by atoms with Crippen molar-refractivity contribution in [3.05, 3.63) is 57.5 Å². The van der Waals surface area contributed by atoms with Crippen LogP contribution in [0.3, 0.4) is 0 Å². The average Bonchev–Trinajstić information content (AvgIpc) is 2.72. The fourth-order valence-electron chi connectivity index (χ4n) is 3.41. The zero-order chi connectivity index (χ0) is 20.8. The van der Waals surface area contributed by atoms with Crippen molar-refractivity contribution in [2.75, 3.05) is 5.75 Å². The molecular weight excluding hydrogens is 384 g/mol. The van der Waals surface area contributed by atoms with Crippen LogP contribution in [0.4, 0.5) is 0 Å². The van der Waals surface area contributed by atoms with Crippen LogP contribution in [0.5, 0.6) is 0 Å². The number of hydrogen-bond donors (Lipinski definition) is 1. The van der Waals surface area contributed by atoms with Gasteiger partial charge in [0.1, 0.15) is 11.6 Å². The van der Waals surface area contributed by atoms with Crippen LogP contribution < -0.4 is 11.3 Å². The first kappa shape index (κ1) is 20.9. The molecule has 7 heteroatoms. The van der Waals surface area contributed by atoms with Gasteiger partial charge >= 0.3 is 0 Å². The largest absolute Gasteiger partial charge is 0.401 e. The lowest BCUT2D eigenvalue weighted by molar-refractivity contribution is -0.112. The Morgan fingerprint density at radius 1 is 1.34 bits per heavy atom. The number of aromatic nitrogens is 2. The van der Waals surface area contributed by atoms with E-state index in [2.05, 4.69) is 11.1 Å². The fourth-order valence-corrected chi connectivity index (χ4v) is 4.31. The first-order chi connectivity index (χ1) is 14.0. The minimum absolute atomic E-state index is 0.00487. The lowest BCUT2D eigenvalue weighted by atomic mass is 9.97. The summed E-state index contributed by atoms with van der Waals surface area (Å²) in [6.45, 7) is 2.05. The summed E-state index contributed by atoms with van der Waals surface area (Å²) in [7, 11) is 0. The van der Waals surface area contributed by atoms with E-state index >= 15 is 0 Å². The van der Waals surface area contributed by atoms with E-state index in [0.29, 0.717) is 22.6 Å². The maximum absolute atomic E-state index is 13.1. The molecule has 0 atom stereocenters. The van der Waals surface area contributed by atoms with Crippen molar-refractivity contribution < 1.29 is 4.79 Å². The summed E-state index contributed by atoms with van der Waals surface area (Å²) in [5.41, 5.74) is 7.66. The molecule has 0 aliphatic heterocycles. The van der Waals surface area contributed by atoms with Gasteiger partial charge < -0.3 is 5.73 Å². The molecule has 0 amide bonds. The lowest BCUT2D eigenvalue weighted by Crippen LogP contribution is -2.24. The Hall–Kier alpha value is -2.85. The standard InChI is InChI=1S/C22H24N4O2S/c1-15(24)18(13-23)20(27)14-29-22-25-19-10-6-5-9-17(19)21(28)26(22)12-11-16-7-3-2-4-8-16/h5-7,9-10H,2-4,8,11-12,14,24H2,1H3. The second-order valence-electron chi connectivity index (χ2n) is 7.11. The number of nitriles is 1. The second kappa shape index (κ2) is 9.57. The van der Waals surface area contributed by atoms with Crippen molar-refractivity contribution in [3.8, 4) is 6.07 Å². The summed E-state index contributed by atoms with van der Waals surface area (Å²) >= 11 is 1.17. The molecule has 1 aromatic heterocycles. The number of carbonyl (C=O) groups excluding carboxylic acids is 1. The van der Waals surface area contributed by atoms with Crippen molar-refractivity contribution in [3.63, 3.8) is 0 Å². The summed E-state index contributed by atoms with van der Waals surface area (Å²) in [6.07, 6.45) is 7.65. The van der Waals surface area contributed by atoms with Gasteiger partial charge in [-0.15, -0.1) is 0 Å². The van der Waals surface area contributed by atoms with Gasteiger partial charge in [-0.05, 0) is 51.2 Å². The van der Waals surface area contributed by atoms with E-state index in [-0.39, 0.29) is 28.4 Å². The van der Waals surface area contributed by atoms with Crippen LogP contribution in [-0.2, 0) is 11.3 Å². The van der Waals surface area contributed by atoms with E-state index in [1.807, 2.05) is 18.2 Å². The van der Waals surface area contributed by atoms with Gasteiger partial charge in [0.25, 0.3) is 5.56 Å². The van der Waals surface area contributed by atoms with E-state index < -0.39 is 0 Å². The topological polar surface area (TPSA) is 102 Å². The maximum Gasteiger partial charge on any atom is 0.262 e. The molecular formula is C22H24N4O2S. The third-order valence-electron chi connectivity index (χ3n) is 4.99. The van der Waals surface area contributed by atoms with Gasteiger partial charge in [-0.3, -0.25) is 14.2 Å². The number of para-hydroxylation sites is 1. The Kier molecular flexibility index (Phi) is 6.89. The molecule has 0 bridgehead atoms. The number of nitrogens with zero attached hydrogens (tertiary/aromatic N) is 3. The quantitative estimate of drug-likeness (QED) is 0.246. The highest BCUT2D eigenvalue weighted by molar-refractivity contribution is 7.99. The molecule has 0 fully saturated rings. The number of thioether (sulfide) groups is 1. The normalized spacial score (nSPS) is 14.8. The predicted molar refractivity (Wildman–Crippen MR) is 115 cm³/mol. The minimum atomic E-state index is -0.360. The Balaban J connectivity index is 1.90. The lowest BCUT2D eigenvalue weighted by Gasteiger charge is -2.16. The van der Waals surface area contributed by atoms with Crippen LogP contribution in [0.1, 0.15) is 39.0 Å². The van der Waals surface area contributed by atoms with Gasteiger partial charge in [-0.2, -0.15) is 5.26 Å². The highest BCUT2D eigenvalue weighted by Gasteiger charge is 2.17. The molecule has 0 saturated heterocycles. The molecule has 1 aliphatic rings. The first-order valence-electron chi connectivity index (χ1n) is 9.71. The summed E-state index contributed by atoms with van der Waals surface area (Å²) in [4.78, 5) is 30.1. The molecule has 1 aliphatic carbocycles. The summed E-state index contributed by atoms with van der Waals surface area (Å²) < 4.78 is 1.65. The number of Topliss-reactive ketones (excluding diaryl/α,β-unsaturated/α-hetero) is 1. The molecule has 1 heterocycles. The second-order valence-corrected chi connectivity index (χ2v) is 8.05. The molecule has 2 aromatic rings. The maximum atomic E-state index is 13.1. The van der Waals surface area contributed by atoms with E-state index in [9.17, 15) is 9.59 Å². The fraction of sp³-hybridized carbons (Fsp3) is 0.364. The van der Waals surface area contributed by atoms with Crippen LogP contribution >= 0.6 is 11.8 Å². The van der Waals surface area contributed by atoms with Crippen LogP contribution in [0.15, 0.2) is 57.1 Å². The molecule has 0 unspecified atom stereocenters. The number of allylic oxidation sites excluding steroid dienone is 4. The average molecular weight is 409 g/mol. The Morgan fingerprint density at radius 2 is 2.14 bits per heavy atom. The number of rotatable bonds is 7. The van der Waals surface area contributed by atoms with Crippen molar-refractivity contribution in [1.82, 2.24) is 9.55 Å². The highest BCUT2D eigenvalue weighted by atomic mass is 32.2. The van der Waals surface area contributed by atoms with Crippen molar-refractivity contribution in [2.24, 2.45) is 5.73 Å². The number of nitrogens with two attached hydrogens (primary N) is 1. The summed E-state index contributed by atoms with van der Waals surface area (Å²) in [5, 5.41) is 10.2. The van der Waals surface area contributed by atoms with E-state index in [4.69, 9.17) is 11.0 Å². The van der Waals surface area contributed by atoms with Gasteiger partial charge in [0.15, 0.2) is 10.9 Å². The molecule has 0 saturated carbocycles. The van der Waals surface area contributed by atoms with Gasteiger partial charge in [0, 0.05) is 12.2 Å². The van der Waals surface area contributed by atoms with Crippen LogP contribution in [0.25, 0.3) is 10.9 Å². The number of hydrogen-bond acceptors (Lipinski definition) is 6. The molecule has 3 rings (SSSR count). The Labute approximate surface area is 174 Å². The highest BCUT2D eigenvalue weighted by Crippen LogP contribution is 2.23. The molecule has 0 radical (unpaired) electrons. The molecule has 6 nitrogen and oxygen atoms in total. The predicted octanol–water partition coefficient (Wildman–Crippen LogP) is 3.70. The number of fused-ring (bicyclic) bond motifs is 1. The molecule has 150 valence electrons.